The number of fused-ring (bicyclic) bond motifs is 3. The normalized spacial score (nSPS) is 12.1. The zero-order valence-corrected chi connectivity index (χ0v) is 15.0. The maximum atomic E-state index is 12.9. The molecule has 0 fully saturated rings. The maximum absolute atomic E-state index is 12.9. The molecule has 0 amide bonds. The van der Waals surface area contributed by atoms with Gasteiger partial charge in [-0.2, -0.15) is 0 Å². The van der Waals surface area contributed by atoms with E-state index in [1.165, 1.54) is 11.3 Å². The lowest BCUT2D eigenvalue weighted by Gasteiger charge is -2.08. The molecule has 5 rings (SSSR count). The number of para-hydroxylation sites is 4. The van der Waals surface area contributed by atoms with Gasteiger partial charge in [-0.05, 0) is 36.4 Å². The van der Waals surface area contributed by atoms with Gasteiger partial charge < -0.3 is 4.74 Å². The Labute approximate surface area is 158 Å². The van der Waals surface area contributed by atoms with Gasteiger partial charge in [0, 0.05) is 5.56 Å². The van der Waals surface area contributed by atoms with Crippen molar-refractivity contribution < 1.29 is 4.74 Å². The minimum atomic E-state index is -0.0572. The second kappa shape index (κ2) is 6.37. The van der Waals surface area contributed by atoms with Crippen molar-refractivity contribution in [1.82, 2.24) is 9.38 Å². The zero-order chi connectivity index (χ0) is 18.2. The van der Waals surface area contributed by atoms with Gasteiger partial charge in [0.2, 0.25) is 0 Å². The van der Waals surface area contributed by atoms with Crippen LogP contribution in [-0.2, 0) is 0 Å². The molecule has 4 nitrogen and oxygen atoms in total. The van der Waals surface area contributed by atoms with Crippen LogP contribution in [0.2, 0.25) is 0 Å². The molecule has 130 valence electrons. The number of hydrogen-bond donors (Lipinski definition) is 0. The Morgan fingerprint density at radius 2 is 1.63 bits per heavy atom. The number of benzene rings is 3. The Morgan fingerprint density at radius 3 is 2.52 bits per heavy atom. The molecule has 0 aliphatic rings. The largest absolute Gasteiger partial charge is 0.457 e. The van der Waals surface area contributed by atoms with E-state index < -0.39 is 0 Å². The molecule has 2 aromatic heterocycles. The van der Waals surface area contributed by atoms with E-state index in [9.17, 15) is 4.79 Å². The monoisotopic (exact) mass is 370 g/mol. The number of thiazole rings is 1. The summed E-state index contributed by atoms with van der Waals surface area (Å²) in [6, 6.07) is 25.0. The van der Waals surface area contributed by atoms with Crippen molar-refractivity contribution >= 4 is 33.4 Å². The first-order chi connectivity index (χ1) is 13.3. The van der Waals surface area contributed by atoms with E-state index in [-0.39, 0.29) is 5.56 Å². The van der Waals surface area contributed by atoms with Gasteiger partial charge in [-0.25, -0.2) is 9.38 Å². The summed E-state index contributed by atoms with van der Waals surface area (Å²) in [4.78, 5) is 18.2. The van der Waals surface area contributed by atoms with E-state index in [0.717, 1.165) is 22.3 Å². The lowest BCUT2D eigenvalue weighted by molar-refractivity contribution is 0.481. The van der Waals surface area contributed by atoms with Crippen LogP contribution in [0.3, 0.4) is 0 Å². The molecule has 0 unspecified atom stereocenters. The smallest absolute Gasteiger partial charge is 0.274 e. The number of aromatic nitrogens is 2. The van der Waals surface area contributed by atoms with Gasteiger partial charge in [0.05, 0.1) is 15.6 Å². The highest BCUT2D eigenvalue weighted by molar-refractivity contribution is 7.15. The quantitative estimate of drug-likeness (QED) is 0.477. The van der Waals surface area contributed by atoms with Crippen LogP contribution >= 0.6 is 11.3 Å². The molecule has 0 aliphatic heterocycles. The number of hydrogen-bond acceptors (Lipinski definition) is 4. The number of nitrogens with zero attached hydrogens (tertiary/aromatic N) is 2. The first-order valence-corrected chi connectivity index (χ1v) is 9.35. The fourth-order valence-corrected chi connectivity index (χ4v) is 4.04. The fraction of sp³-hybridized carbons (Fsp3) is 0. The third-order valence-corrected chi connectivity index (χ3v) is 5.29. The molecule has 0 spiro atoms. The van der Waals surface area contributed by atoms with Crippen LogP contribution in [0.15, 0.2) is 83.7 Å². The van der Waals surface area contributed by atoms with Gasteiger partial charge in [-0.15, -0.1) is 0 Å². The molecule has 0 aliphatic carbocycles. The first-order valence-electron chi connectivity index (χ1n) is 8.53. The Bertz CT molecular complexity index is 1370. The highest BCUT2D eigenvalue weighted by Crippen LogP contribution is 2.25. The predicted molar refractivity (Wildman–Crippen MR) is 109 cm³/mol. The highest BCUT2D eigenvalue weighted by Gasteiger charge is 2.11. The topological polar surface area (TPSA) is 43.6 Å². The highest BCUT2D eigenvalue weighted by atomic mass is 32.1. The summed E-state index contributed by atoms with van der Waals surface area (Å²) in [6.07, 6.45) is 1.87. The third-order valence-electron chi connectivity index (χ3n) is 4.32. The van der Waals surface area contributed by atoms with Crippen molar-refractivity contribution in [3.05, 3.63) is 99.3 Å². The van der Waals surface area contributed by atoms with Gasteiger partial charge in [0.1, 0.15) is 11.5 Å². The number of rotatable bonds is 3. The van der Waals surface area contributed by atoms with Crippen LogP contribution in [0.5, 0.6) is 11.5 Å². The summed E-state index contributed by atoms with van der Waals surface area (Å²) in [5.41, 5.74) is 2.47. The second-order valence-electron chi connectivity index (χ2n) is 6.09. The third kappa shape index (κ3) is 2.78. The zero-order valence-electron chi connectivity index (χ0n) is 14.2. The molecule has 0 saturated heterocycles. The van der Waals surface area contributed by atoms with E-state index in [0.29, 0.717) is 15.2 Å². The fourth-order valence-electron chi connectivity index (χ4n) is 3.06. The van der Waals surface area contributed by atoms with E-state index >= 15 is 0 Å². The molecular weight excluding hydrogens is 356 g/mol. The lowest BCUT2D eigenvalue weighted by atomic mass is 10.2. The van der Waals surface area contributed by atoms with Crippen molar-refractivity contribution in [1.29, 1.82) is 0 Å². The van der Waals surface area contributed by atoms with Crippen LogP contribution in [0.25, 0.3) is 22.1 Å². The maximum Gasteiger partial charge on any atom is 0.274 e. The van der Waals surface area contributed by atoms with Gasteiger partial charge in [-0.1, -0.05) is 59.9 Å². The molecule has 0 bridgehead atoms. The lowest BCUT2D eigenvalue weighted by Crippen LogP contribution is -2.22. The van der Waals surface area contributed by atoms with Crippen molar-refractivity contribution in [3.63, 3.8) is 0 Å². The van der Waals surface area contributed by atoms with Crippen molar-refractivity contribution in [2.75, 3.05) is 0 Å². The van der Waals surface area contributed by atoms with Crippen molar-refractivity contribution in [3.8, 4) is 11.5 Å². The van der Waals surface area contributed by atoms with E-state index in [1.807, 2.05) is 84.9 Å². The van der Waals surface area contributed by atoms with E-state index in [4.69, 9.17) is 4.74 Å². The molecule has 0 radical (unpaired) electrons. The van der Waals surface area contributed by atoms with E-state index in [2.05, 4.69) is 4.98 Å². The average Bonchev–Trinajstić information content (AvgIpc) is 3.21. The van der Waals surface area contributed by atoms with Gasteiger partial charge in [-0.3, -0.25) is 4.79 Å². The molecule has 27 heavy (non-hydrogen) atoms. The molecule has 5 aromatic rings. The van der Waals surface area contributed by atoms with Gasteiger partial charge in [0.25, 0.3) is 5.56 Å². The van der Waals surface area contributed by atoms with Crippen LogP contribution in [-0.4, -0.2) is 9.38 Å². The minimum Gasteiger partial charge on any atom is -0.457 e. The summed E-state index contributed by atoms with van der Waals surface area (Å²) in [7, 11) is 0. The standard InChI is InChI=1S/C22H14N2O2S/c25-21-20(27-22-23-17-11-5-6-12-18(17)24(21)22)14-15-8-4-7-13-19(15)26-16-9-2-1-3-10-16/h1-14H. The SMILES string of the molecule is O=c1c(=Cc2ccccc2Oc2ccccc2)sc2nc3ccccc3n12. The molecule has 0 N–H and O–H groups in total. The molecule has 3 aromatic carbocycles. The predicted octanol–water partition coefficient (Wildman–Crippen LogP) is 4.25. The van der Waals surface area contributed by atoms with Gasteiger partial charge in [0.15, 0.2) is 4.96 Å². The first kappa shape index (κ1) is 15.8. The van der Waals surface area contributed by atoms with Crippen LogP contribution in [0.1, 0.15) is 5.56 Å². The summed E-state index contributed by atoms with van der Waals surface area (Å²) >= 11 is 1.39. The Hall–Kier alpha value is -3.44. The Morgan fingerprint density at radius 1 is 0.889 bits per heavy atom. The molecular formula is C22H14N2O2S. The molecule has 5 heteroatoms. The molecule has 0 atom stereocenters. The summed E-state index contributed by atoms with van der Waals surface area (Å²) in [5, 5.41) is 0. The van der Waals surface area contributed by atoms with Crippen LogP contribution in [0.4, 0.5) is 0 Å². The molecule has 0 saturated carbocycles. The second-order valence-corrected chi connectivity index (χ2v) is 7.10. The summed E-state index contributed by atoms with van der Waals surface area (Å²) in [5.74, 6) is 1.46. The van der Waals surface area contributed by atoms with Gasteiger partial charge >= 0.3 is 0 Å². The summed E-state index contributed by atoms with van der Waals surface area (Å²) < 4.78 is 8.30. The Kier molecular flexibility index (Phi) is 3.73. The van der Waals surface area contributed by atoms with Crippen LogP contribution in [0, 0.1) is 0 Å². The summed E-state index contributed by atoms with van der Waals surface area (Å²) in [6.45, 7) is 0. The van der Waals surface area contributed by atoms with Crippen LogP contribution < -0.4 is 14.8 Å². The Balaban J connectivity index is 1.65. The minimum absolute atomic E-state index is 0.0572. The number of imidazole rings is 1. The van der Waals surface area contributed by atoms with Crippen molar-refractivity contribution in [2.24, 2.45) is 0 Å². The number of ether oxygens (including phenoxy) is 1. The van der Waals surface area contributed by atoms with E-state index in [1.54, 1.807) is 4.40 Å². The average molecular weight is 370 g/mol. The van der Waals surface area contributed by atoms with Crippen molar-refractivity contribution in [2.45, 2.75) is 0 Å². The molecule has 2 heterocycles.